The lowest BCUT2D eigenvalue weighted by Gasteiger charge is -2.04. The molecule has 0 bridgehead atoms. The summed E-state index contributed by atoms with van der Waals surface area (Å²) in [5.74, 6) is 1.23. The maximum Gasteiger partial charge on any atom is 0.168 e. The summed E-state index contributed by atoms with van der Waals surface area (Å²) in [5, 5.41) is 0.714. The third-order valence-corrected chi connectivity index (χ3v) is 3.75. The highest BCUT2D eigenvalue weighted by atomic mass is 35.5. The first-order valence-electron chi connectivity index (χ1n) is 5.36. The highest BCUT2D eigenvalue weighted by Gasteiger charge is 2.05. The Morgan fingerprint density at radius 2 is 2.11 bits per heavy atom. The predicted molar refractivity (Wildman–Crippen MR) is 73.2 cm³/mol. The molecule has 0 saturated carbocycles. The molecule has 5 heteroatoms. The maximum atomic E-state index is 10.7. The van der Waals surface area contributed by atoms with Crippen molar-refractivity contribution in [2.24, 2.45) is 0 Å². The number of carbonyl (C=O) groups is 1. The lowest BCUT2D eigenvalue weighted by Crippen LogP contribution is -1.99. The van der Waals surface area contributed by atoms with Crippen molar-refractivity contribution >= 4 is 29.6 Å². The number of halogens is 1. The third kappa shape index (κ3) is 3.31. The molecule has 0 spiro atoms. The Morgan fingerprint density at radius 1 is 1.33 bits per heavy atom. The number of carbonyl (C=O) groups excluding carboxylic acids is 1. The molecule has 0 atom stereocenters. The Morgan fingerprint density at radius 3 is 2.83 bits per heavy atom. The van der Waals surface area contributed by atoms with Crippen LogP contribution >= 0.6 is 23.4 Å². The van der Waals surface area contributed by atoms with Gasteiger partial charge in [-0.2, -0.15) is 0 Å². The average Bonchev–Trinajstić information content (AvgIpc) is 2.37. The first-order valence-corrected chi connectivity index (χ1v) is 6.72. The van der Waals surface area contributed by atoms with Crippen LogP contribution in [-0.2, 0) is 5.75 Å². The second-order valence-corrected chi connectivity index (χ2v) is 5.11. The standard InChI is InChI=1S/C13H11ClN2OS/c1-9-6-10(7-17)16-13(15-9)8-18-12-5-3-2-4-11(12)14/h2-7H,8H2,1H3. The fourth-order valence-electron chi connectivity index (χ4n) is 1.49. The van der Waals surface area contributed by atoms with Crippen molar-refractivity contribution in [3.8, 4) is 0 Å². The van der Waals surface area contributed by atoms with Crippen LogP contribution in [0.5, 0.6) is 0 Å². The van der Waals surface area contributed by atoms with E-state index >= 15 is 0 Å². The van der Waals surface area contributed by atoms with Crippen molar-refractivity contribution in [2.45, 2.75) is 17.6 Å². The number of benzene rings is 1. The van der Waals surface area contributed by atoms with Crippen LogP contribution in [-0.4, -0.2) is 16.3 Å². The summed E-state index contributed by atoms with van der Waals surface area (Å²) in [6.45, 7) is 1.85. The van der Waals surface area contributed by atoms with Gasteiger partial charge in [0, 0.05) is 10.6 Å². The molecule has 92 valence electrons. The number of aromatic nitrogens is 2. The number of hydrogen-bond donors (Lipinski definition) is 0. The van der Waals surface area contributed by atoms with E-state index in [1.54, 1.807) is 17.8 Å². The monoisotopic (exact) mass is 278 g/mol. The van der Waals surface area contributed by atoms with Crippen molar-refractivity contribution in [1.82, 2.24) is 9.97 Å². The summed E-state index contributed by atoms with van der Waals surface area (Å²) in [6, 6.07) is 9.28. The fraction of sp³-hybridized carbons (Fsp3) is 0.154. The molecule has 0 saturated heterocycles. The molecule has 0 radical (unpaired) electrons. The quantitative estimate of drug-likeness (QED) is 0.634. The van der Waals surface area contributed by atoms with Gasteiger partial charge in [-0.05, 0) is 25.1 Å². The molecule has 0 aliphatic rings. The fourth-order valence-corrected chi connectivity index (χ4v) is 2.58. The Balaban J connectivity index is 2.13. The van der Waals surface area contributed by atoms with Crippen LogP contribution in [0.2, 0.25) is 5.02 Å². The molecule has 0 unspecified atom stereocenters. The number of aryl methyl sites for hydroxylation is 1. The molecule has 0 fully saturated rings. The lowest BCUT2D eigenvalue weighted by molar-refractivity contribution is 0.111. The van der Waals surface area contributed by atoms with Crippen LogP contribution in [0.4, 0.5) is 0 Å². The first-order chi connectivity index (χ1) is 8.69. The van der Waals surface area contributed by atoms with E-state index in [0.717, 1.165) is 16.9 Å². The molecule has 1 aromatic carbocycles. The van der Waals surface area contributed by atoms with Crippen LogP contribution < -0.4 is 0 Å². The van der Waals surface area contributed by atoms with E-state index in [0.29, 0.717) is 22.3 Å². The third-order valence-electron chi connectivity index (χ3n) is 2.23. The molecular weight excluding hydrogens is 268 g/mol. The van der Waals surface area contributed by atoms with Gasteiger partial charge in [-0.3, -0.25) is 4.79 Å². The largest absolute Gasteiger partial charge is 0.296 e. The average molecular weight is 279 g/mol. The van der Waals surface area contributed by atoms with E-state index in [9.17, 15) is 4.79 Å². The van der Waals surface area contributed by atoms with Gasteiger partial charge in [0.25, 0.3) is 0 Å². The van der Waals surface area contributed by atoms with Gasteiger partial charge in [0.15, 0.2) is 6.29 Å². The summed E-state index contributed by atoms with van der Waals surface area (Å²) in [6.07, 6.45) is 0.734. The number of rotatable bonds is 4. The Kier molecular flexibility index (Phi) is 4.33. The smallest absolute Gasteiger partial charge is 0.168 e. The minimum atomic E-state index is 0.414. The van der Waals surface area contributed by atoms with E-state index < -0.39 is 0 Å². The van der Waals surface area contributed by atoms with Crippen LogP contribution in [0, 0.1) is 6.92 Å². The van der Waals surface area contributed by atoms with E-state index in [2.05, 4.69) is 9.97 Å². The zero-order valence-corrected chi connectivity index (χ0v) is 11.3. The molecule has 0 N–H and O–H groups in total. The van der Waals surface area contributed by atoms with Crippen molar-refractivity contribution < 1.29 is 4.79 Å². The zero-order chi connectivity index (χ0) is 13.0. The van der Waals surface area contributed by atoms with E-state index in [4.69, 9.17) is 11.6 Å². The summed E-state index contributed by atoms with van der Waals surface area (Å²) in [4.78, 5) is 20.2. The van der Waals surface area contributed by atoms with Gasteiger partial charge in [0.05, 0.1) is 10.8 Å². The van der Waals surface area contributed by atoms with Gasteiger partial charge >= 0.3 is 0 Å². The van der Waals surface area contributed by atoms with E-state index in [1.807, 2.05) is 31.2 Å². The molecular formula is C13H11ClN2OS. The van der Waals surface area contributed by atoms with Crippen molar-refractivity contribution in [1.29, 1.82) is 0 Å². The van der Waals surface area contributed by atoms with E-state index in [1.165, 1.54) is 0 Å². The molecule has 2 aromatic rings. The van der Waals surface area contributed by atoms with Gasteiger partial charge in [0.2, 0.25) is 0 Å². The second-order valence-electron chi connectivity index (χ2n) is 3.69. The summed E-state index contributed by atoms with van der Waals surface area (Å²) < 4.78 is 0. The van der Waals surface area contributed by atoms with Gasteiger partial charge < -0.3 is 0 Å². The first kappa shape index (κ1) is 13.1. The normalized spacial score (nSPS) is 10.3. The van der Waals surface area contributed by atoms with E-state index in [-0.39, 0.29) is 0 Å². The Labute approximate surface area is 115 Å². The minimum Gasteiger partial charge on any atom is -0.296 e. The van der Waals surface area contributed by atoms with Gasteiger partial charge in [-0.15, -0.1) is 11.8 Å². The highest BCUT2D eigenvalue weighted by Crippen LogP contribution is 2.28. The molecule has 18 heavy (non-hydrogen) atoms. The van der Waals surface area contributed by atoms with Crippen LogP contribution in [0.25, 0.3) is 0 Å². The second kappa shape index (κ2) is 5.98. The SMILES string of the molecule is Cc1cc(C=O)nc(CSc2ccccc2Cl)n1. The summed E-state index contributed by atoms with van der Waals surface area (Å²) in [5.41, 5.74) is 1.21. The van der Waals surface area contributed by atoms with Crippen LogP contribution in [0.3, 0.4) is 0 Å². The predicted octanol–water partition coefficient (Wildman–Crippen LogP) is 3.54. The number of hydrogen-bond acceptors (Lipinski definition) is 4. The molecule has 0 aliphatic heterocycles. The minimum absolute atomic E-state index is 0.414. The van der Waals surface area contributed by atoms with Crippen molar-refractivity contribution in [2.75, 3.05) is 0 Å². The Hall–Kier alpha value is -1.39. The summed E-state index contributed by atoms with van der Waals surface area (Å²) >= 11 is 7.62. The molecule has 0 aliphatic carbocycles. The number of aldehydes is 1. The number of nitrogens with zero attached hydrogens (tertiary/aromatic N) is 2. The van der Waals surface area contributed by atoms with Crippen LogP contribution in [0.1, 0.15) is 22.0 Å². The van der Waals surface area contributed by atoms with Gasteiger partial charge in [-0.1, -0.05) is 23.7 Å². The molecule has 0 amide bonds. The van der Waals surface area contributed by atoms with Crippen molar-refractivity contribution in [3.05, 3.63) is 52.6 Å². The molecule has 1 heterocycles. The Bertz CT molecular complexity index is 575. The molecule has 3 nitrogen and oxygen atoms in total. The van der Waals surface area contributed by atoms with Gasteiger partial charge in [-0.25, -0.2) is 9.97 Å². The zero-order valence-electron chi connectivity index (χ0n) is 9.76. The highest BCUT2D eigenvalue weighted by molar-refractivity contribution is 7.98. The molecule has 1 aromatic heterocycles. The molecule has 2 rings (SSSR count). The van der Waals surface area contributed by atoms with Gasteiger partial charge in [0.1, 0.15) is 11.5 Å². The van der Waals surface area contributed by atoms with Crippen molar-refractivity contribution in [3.63, 3.8) is 0 Å². The maximum absolute atomic E-state index is 10.7. The lowest BCUT2D eigenvalue weighted by atomic mass is 10.3. The summed E-state index contributed by atoms with van der Waals surface area (Å²) in [7, 11) is 0. The topological polar surface area (TPSA) is 42.9 Å². The number of thioether (sulfide) groups is 1. The van der Waals surface area contributed by atoms with Crippen LogP contribution in [0.15, 0.2) is 35.2 Å².